The van der Waals surface area contributed by atoms with Crippen molar-refractivity contribution in [2.24, 2.45) is 21.1 Å². The van der Waals surface area contributed by atoms with Gasteiger partial charge in [0.1, 0.15) is 0 Å². The Hall–Kier alpha value is -7.24. The Morgan fingerprint density at radius 3 is 0.938 bits per heavy atom. The zero-order chi connectivity index (χ0) is 53.3. The van der Waals surface area contributed by atoms with Crippen molar-refractivity contribution < 1.29 is 80.8 Å². The fraction of sp³-hybridized carbons (Fsp3) is 0.127. The van der Waals surface area contributed by atoms with E-state index in [1.807, 2.05) is 153 Å². The quantitative estimate of drug-likeness (QED) is 0.0573. The number of benzene rings is 8. The fourth-order valence-corrected chi connectivity index (χ4v) is 8.91. The molecule has 12 aromatic rings. The van der Waals surface area contributed by atoms with Gasteiger partial charge in [0.15, 0.2) is 0 Å². The second-order valence-electron chi connectivity index (χ2n) is 19.0. The maximum Gasteiger partial charge on any atom is 0.243 e. The minimum atomic E-state index is 0. The summed E-state index contributed by atoms with van der Waals surface area (Å²) in [7, 11) is 5.86. The molecule has 0 atom stereocenters. The number of hydrogen-bond acceptors (Lipinski definition) is 1. The van der Waals surface area contributed by atoms with Gasteiger partial charge in [0, 0.05) is 110 Å². The van der Waals surface area contributed by atoms with Crippen molar-refractivity contribution in [2.45, 2.75) is 38.5 Å². The van der Waals surface area contributed by atoms with E-state index in [1.54, 1.807) is 0 Å². The molecule has 10 heteroatoms. The molecule has 0 aliphatic rings. The van der Waals surface area contributed by atoms with E-state index in [0.717, 1.165) is 78.0 Å². The van der Waals surface area contributed by atoms with Gasteiger partial charge in [0.25, 0.3) is 0 Å². The average Bonchev–Trinajstić information content (AvgIpc) is 4.24. The molecular weight excluding hydrogens is 1540 g/mol. The Kier molecular flexibility index (Phi) is 23.6. The first-order valence-electron chi connectivity index (χ1n) is 26.0. The summed E-state index contributed by atoms with van der Waals surface area (Å²) >= 11 is 0. The van der Waals surface area contributed by atoms with Crippen LogP contribution in [0.15, 0.2) is 213 Å². The van der Waals surface area contributed by atoms with Crippen LogP contribution in [0.4, 0.5) is 0 Å². The van der Waals surface area contributed by atoms with E-state index in [2.05, 4.69) is 188 Å². The van der Waals surface area contributed by atoms with Crippen molar-refractivity contribution in [3.63, 3.8) is 0 Å². The zero-order valence-electron chi connectivity index (χ0n) is 45.0. The van der Waals surface area contributed by atoms with E-state index in [1.165, 1.54) is 44.5 Å². The third-order valence-electron chi connectivity index (χ3n) is 12.6. The van der Waals surface area contributed by atoms with Crippen LogP contribution in [0.2, 0.25) is 0 Å². The summed E-state index contributed by atoms with van der Waals surface area (Å²) in [6.45, 7) is 0. The van der Waals surface area contributed by atoms with Gasteiger partial charge in [-0.25, -0.2) is 11.6 Å². The first kappa shape index (κ1) is 61.4. The minimum absolute atomic E-state index is 0. The standard InChI is InChI=1S/2C24H19N2.C23H18N3.3Au/c2*1-25-13-14-26(19-25)24-12-6-11-23(18-24)17-22-10-5-9-21(16-22)15-20-7-3-2-4-8-20;1-25-12-13-26(18-25)23-17-22(10-11-24-23)16-21-9-5-8-20(15-21)14-19-6-3-2-4-7-19;;;/h2*2-7,9-14H,15,17H2,1H3;2-6,8-13H,14,16H2,1H3;;;/q3*-3;;;. The summed E-state index contributed by atoms with van der Waals surface area (Å²) in [6, 6.07) is 88.5. The minimum Gasteiger partial charge on any atom is -0.348 e. The van der Waals surface area contributed by atoms with Crippen molar-refractivity contribution in [1.82, 2.24) is 18.7 Å². The maximum atomic E-state index is 4.39. The Bertz CT molecular complexity index is 3420. The van der Waals surface area contributed by atoms with Gasteiger partial charge in [-0.2, -0.15) is 280 Å². The summed E-state index contributed by atoms with van der Waals surface area (Å²) in [4.78, 5) is 4.39. The van der Waals surface area contributed by atoms with E-state index in [9.17, 15) is 0 Å². The predicted octanol–water partition coefficient (Wildman–Crippen LogP) is 10.4. The predicted molar refractivity (Wildman–Crippen MR) is 300 cm³/mol. The molecule has 8 aromatic carbocycles. The van der Waals surface area contributed by atoms with Crippen molar-refractivity contribution in [1.29, 1.82) is 0 Å². The molecule has 0 amide bonds. The van der Waals surface area contributed by atoms with Gasteiger partial charge in [0.2, 0.25) is 19.0 Å². The van der Waals surface area contributed by atoms with Crippen LogP contribution in [-0.4, -0.2) is 18.7 Å². The molecular formula is C71H56Au3N7-9. The molecule has 0 spiro atoms. The van der Waals surface area contributed by atoms with Crippen molar-refractivity contribution in [2.75, 3.05) is 0 Å². The number of imidazole rings is 3. The summed E-state index contributed by atoms with van der Waals surface area (Å²) < 4.78 is 11.4. The number of aryl methyl sites for hydroxylation is 3. The number of pyridine rings is 1. The van der Waals surface area contributed by atoms with E-state index < -0.39 is 0 Å². The molecule has 0 bridgehead atoms. The second kappa shape index (κ2) is 31.1. The van der Waals surface area contributed by atoms with Crippen LogP contribution in [0.25, 0.3) is 17.2 Å². The van der Waals surface area contributed by atoms with Crippen molar-refractivity contribution in [3.8, 4) is 17.2 Å². The van der Waals surface area contributed by atoms with Gasteiger partial charge in [-0.3, -0.25) is 0 Å². The molecule has 3 radical (unpaired) electrons. The molecule has 0 saturated carbocycles. The van der Waals surface area contributed by atoms with Crippen molar-refractivity contribution in [3.05, 3.63) is 354 Å². The summed E-state index contributed by atoms with van der Waals surface area (Å²) in [6.07, 6.45) is 28.1. The van der Waals surface area contributed by atoms with Crippen LogP contribution >= 0.6 is 0 Å². The van der Waals surface area contributed by atoms with Gasteiger partial charge in [-0.15, -0.1) is 0 Å². The van der Waals surface area contributed by atoms with Gasteiger partial charge in [0.05, 0.1) is 21.1 Å². The number of hydrogen-bond donors (Lipinski definition) is 0. The van der Waals surface area contributed by atoms with Crippen LogP contribution in [0.1, 0.15) is 66.8 Å². The Balaban J connectivity index is 0.000000172. The second-order valence-corrected chi connectivity index (χ2v) is 19.0. The van der Waals surface area contributed by atoms with E-state index >= 15 is 0 Å². The van der Waals surface area contributed by atoms with Crippen LogP contribution in [0.5, 0.6) is 0 Å². The van der Waals surface area contributed by atoms with Crippen molar-refractivity contribution >= 4 is 0 Å². The molecule has 12 rings (SSSR count). The van der Waals surface area contributed by atoms with Crippen LogP contribution < -0.4 is 13.7 Å². The molecule has 81 heavy (non-hydrogen) atoms. The third-order valence-corrected chi connectivity index (χ3v) is 12.6. The summed E-state index contributed by atoms with van der Waals surface area (Å²) in [5, 5.41) is 0. The van der Waals surface area contributed by atoms with Crippen LogP contribution in [0.3, 0.4) is 0 Å². The molecule has 0 aliphatic heterocycles. The molecule has 0 unspecified atom stereocenters. The summed E-state index contributed by atoms with van der Waals surface area (Å²) in [5.74, 6) is 0.748. The van der Waals surface area contributed by atoms with Gasteiger partial charge >= 0.3 is 0 Å². The van der Waals surface area contributed by atoms with Crippen LogP contribution in [0, 0.1) is 73.6 Å². The molecule has 0 fully saturated rings. The van der Waals surface area contributed by atoms with Gasteiger partial charge in [-0.05, 0) is 32.1 Å². The van der Waals surface area contributed by atoms with Gasteiger partial charge in [-0.1, -0.05) is 24.0 Å². The SMILES string of the molecule is C[n+]1[c-]n(-c2[c-]c(Cc3[c-]c(Cc4[c-]cccc4)ccc3)ccc2)cc1.C[n+]1[c-]n(-c2[c-]c(Cc3[c-]c(Cc4[c-]cccc4)ccc3)ccc2)cc1.C[n+]1[c-]n(-c2[c-]c(Cc3[c-]c(Cc4[c-]cccc4)ccc3)ccn2)cc1.[Au].[Au].[Au]. The number of rotatable bonds is 15. The largest absolute Gasteiger partial charge is 0.348 e. The normalized spacial score (nSPS) is 10.4. The van der Waals surface area contributed by atoms with Gasteiger partial charge < -0.3 is 32.4 Å². The molecule has 0 N–H and O–H groups in total. The zero-order valence-corrected chi connectivity index (χ0v) is 51.5. The molecule has 4 aromatic heterocycles. The smallest absolute Gasteiger partial charge is 0.243 e. The maximum absolute atomic E-state index is 4.39. The molecule has 0 aliphatic carbocycles. The first-order valence-corrected chi connectivity index (χ1v) is 26.0. The Labute approximate surface area is 525 Å². The number of nitrogens with zero attached hydrogens (tertiary/aromatic N) is 7. The Morgan fingerprint density at radius 1 is 0.321 bits per heavy atom. The van der Waals surface area contributed by atoms with E-state index in [4.69, 9.17) is 0 Å². The van der Waals surface area contributed by atoms with Crippen LogP contribution in [-0.2, 0) is 127 Å². The molecule has 417 valence electrons. The number of aromatic nitrogens is 7. The molecule has 7 nitrogen and oxygen atoms in total. The topological polar surface area (TPSA) is 39.3 Å². The third kappa shape index (κ3) is 18.7. The fourth-order valence-electron chi connectivity index (χ4n) is 8.91. The van der Waals surface area contributed by atoms with E-state index in [0.29, 0.717) is 0 Å². The first-order chi connectivity index (χ1) is 38.3. The Morgan fingerprint density at radius 2 is 0.617 bits per heavy atom. The molecule has 0 saturated heterocycles. The molecule has 4 heterocycles. The summed E-state index contributed by atoms with van der Waals surface area (Å²) in [5.41, 5.74) is 16.0. The average molecular weight is 1600 g/mol. The van der Waals surface area contributed by atoms with E-state index in [-0.39, 0.29) is 67.1 Å². The monoisotopic (exact) mass is 1600 g/mol.